The number of aliphatic hydroxyl groups excluding tert-OH is 1. The third kappa shape index (κ3) is 4.70. The summed E-state index contributed by atoms with van der Waals surface area (Å²) >= 11 is 7.35. The standard InChI is InChI=1S/C16H20ClN3O2S/c1-20-15(12-4-5-12)18-19-16(20)23-10-14(21)9-22-8-11-2-6-13(17)7-3-11/h2-3,6-7,12,14,21H,4-5,8-10H2,1H3. The smallest absolute Gasteiger partial charge is 0.191 e. The lowest BCUT2D eigenvalue weighted by molar-refractivity contribution is 0.0397. The van der Waals surface area contributed by atoms with Crippen LogP contribution in [0.5, 0.6) is 0 Å². The first-order valence-electron chi connectivity index (χ1n) is 7.66. The topological polar surface area (TPSA) is 60.2 Å². The maximum Gasteiger partial charge on any atom is 0.191 e. The summed E-state index contributed by atoms with van der Waals surface area (Å²) in [6, 6.07) is 7.50. The van der Waals surface area contributed by atoms with E-state index in [4.69, 9.17) is 16.3 Å². The van der Waals surface area contributed by atoms with Crippen molar-refractivity contribution in [3.05, 3.63) is 40.7 Å². The molecule has 1 saturated carbocycles. The zero-order valence-corrected chi connectivity index (χ0v) is 14.6. The van der Waals surface area contributed by atoms with Crippen molar-refractivity contribution >= 4 is 23.4 Å². The zero-order valence-electron chi connectivity index (χ0n) is 13.0. The predicted molar refractivity (Wildman–Crippen MR) is 90.8 cm³/mol. The lowest BCUT2D eigenvalue weighted by Crippen LogP contribution is -2.18. The van der Waals surface area contributed by atoms with E-state index in [2.05, 4.69) is 10.2 Å². The fourth-order valence-electron chi connectivity index (χ4n) is 2.26. The Balaban J connectivity index is 1.39. The first-order chi connectivity index (χ1) is 11.1. The largest absolute Gasteiger partial charge is 0.390 e. The molecule has 0 spiro atoms. The quantitative estimate of drug-likeness (QED) is 0.739. The molecule has 0 amide bonds. The summed E-state index contributed by atoms with van der Waals surface area (Å²) in [6.45, 7) is 0.762. The van der Waals surface area contributed by atoms with E-state index in [1.165, 1.54) is 24.6 Å². The Morgan fingerprint density at radius 3 is 2.78 bits per heavy atom. The molecule has 1 heterocycles. The number of halogens is 1. The van der Waals surface area contributed by atoms with Crippen molar-refractivity contribution in [3.63, 3.8) is 0 Å². The zero-order chi connectivity index (χ0) is 16.2. The van der Waals surface area contributed by atoms with Crippen LogP contribution in [0.15, 0.2) is 29.4 Å². The van der Waals surface area contributed by atoms with Crippen molar-refractivity contribution < 1.29 is 9.84 Å². The number of hydrogen-bond acceptors (Lipinski definition) is 5. The second-order valence-corrected chi connectivity index (χ2v) is 7.20. The minimum Gasteiger partial charge on any atom is -0.390 e. The van der Waals surface area contributed by atoms with Crippen LogP contribution >= 0.6 is 23.4 Å². The van der Waals surface area contributed by atoms with E-state index in [0.29, 0.717) is 29.9 Å². The molecule has 23 heavy (non-hydrogen) atoms. The lowest BCUT2D eigenvalue weighted by Gasteiger charge is -2.11. The van der Waals surface area contributed by atoms with Crippen molar-refractivity contribution in [2.24, 2.45) is 7.05 Å². The van der Waals surface area contributed by atoms with Gasteiger partial charge < -0.3 is 14.4 Å². The van der Waals surface area contributed by atoms with Gasteiger partial charge in [0.05, 0.1) is 19.3 Å². The Kier molecular flexibility index (Phi) is 5.58. The molecule has 0 saturated heterocycles. The highest BCUT2D eigenvalue weighted by Crippen LogP contribution is 2.39. The van der Waals surface area contributed by atoms with Crippen LogP contribution in [0.3, 0.4) is 0 Å². The molecule has 1 unspecified atom stereocenters. The van der Waals surface area contributed by atoms with Crippen LogP contribution in [-0.2, 0) is 18.4 Å². The predicted octanol–water partition coefficient (Wildman–Crippen LogP) is 3.02. The minimum atomic E-state index is -0.534. The van der Waals surface area contributed by atoms with Crippen LogP contribution in [0, 0.1) is 0 Å². The molecular formula is C16H20ClN3O2S. The van der Waals surface area contributed by atoms with E-state index in [9.17, 15) is 5.11 Å². The van der Waals surface area contributed by atoms with Gasteiger partial charge in [-0.15, -0.1) is 10.2 Å². The first-order valence-corrected chi connectivity index (χ1v) is 9.02. The monoisotopic (exact) mass is 353 g/mol. The van der Waals surface area contributed by atoms with Gasteiger partial charge in [0, 0.05) is 23.7 Å². The minimum absolute atomic E-state index is 0.295. The molecule has 1 fully saturated rings. The molecule has 1 N–H and O–H groups in total. The fourth-order valence-corrected chi connectivity index (χ4v) is 3.21. The molecule has 0 bridgehead atoms. The molecular weight excluding hydrogens is 334 g/mol. The Labute approximate surface area is 145 Å². The van der Waals surface area contributed by atoms with Crippen LogP contribution in [0.4, 0.5) is 0 Å². The number of rotatable bonds is 8. The summed E-state index contributed by atoms with van der Waals surface area (Å²) in [5.41, 5.74) is 1.04. The summed E-state index contributed by atoms with van der Waals surface area (Å²) in [5.74, 6) is 2.17. The molecule has 1 aromatic carbocycles. The molecule has 2 aromatic rings. The number of hydrogen-bond donors (Lipinski definition) is 1. The highest BCUT2D eigenvalue weighted by molar-refractivity contribution is 7.99. The van der Waals surface area contributed by atoms with Crippen molar-refractivity contribution in [3.8, 4) is 0 Å². The van der Waals surface area contributed by atoms with E-state index in [-0.39, 0.29) is 0 Å². The average molecular weight is 354 g/mol. The third-order valence-electron chi connectivity index (χ3n) is 3.71. The Hall–Kier alpha value is -1.08. The van der Waals surface area contributed by atoms with Crippen LogP contribution in [-0.4, -0.2) is 38.3 Å². The van der Waals surface area contributed by atoms with Gasteiger partial charge in [0.1, 0.15) is 5.82 Å². The molecule has 1 aliphatic carbocycles. The summed E-state index contributed by atoms with van der Waals surface area (Å²) in [7, 11) is 1.99. The molecule has 0 radical (unpaired) electrons. The Morgan fingerprint density at radius 2 is 2.09 bits per heavy atom. The SMILES string of the molecule is Cn1c(SCC(O)COCc2ccc(Cl)cc2)nnc1C1CC1. The van der Waals surface area contributed by atoms with Gasteiger partial charge in [-0.05, 0) is 30.5 Å². The first kappa shape index (κ1) is 16.8. The Bertz CT molecular complexity index is 643. The summed E-state index contributed by atoms with van der Waals surface area (Å²) in [6.07, 6.45) is 1.88. The molecule has 1 aliphatic rings. The lowest BCUT2D eigenvalue weighted by atomic mass is 10.2. The van der Waals surface area contributed by atoms with Crippen molar-refractivity contribution in [1.82, 2.24) is 14.8 Å². The van der Waals surface area contributed by atoms with E-state index >= 15 is 0 Å². The van der Waals surface area contributed by atoms with Crippen LogP contribution in [0.2, 0.25) is 5.02 Å². The Morgan fingerprint density at radius 1 is 1.35 bits per heavy atom. The second-order valence-electron chi connectivity index (χ2n) is 5.78. The second kappa shape index (κ2) is 7.66. The number of thioether (sulfide) groups is 1. The van der Waals surface area contributed by atoms with Gasteiger partial charge in [0.25, 0.3) is 0 Å². The number of aromatic nitrogens is 3. The van der Waals surface area contributed by atoms with Gasteiger partial charge in [-0.3, -0.25) is 0 Å². The fraction of sp³-hybridized carbons (Fsp3) is 0.500. The normalized spacial score (nSPS) is 15.8. The maximum absolute atomic E-state index is 10.0. The summed E-state index contributed by atoms with van der Waals surface area (Å²) < 4.78 is 7.58. The summed E-state index contributed by atoms with van der Waals surface area (Å²) in [5, 5.41) is 20.0. The van der Waals surface area contributed by atoms with Gasteiger partial charge in [0.15, 0.2) is 5.16 Å². The van der Waals surface area contributed by atoms with E-state index in [0.717, 1.165) is 16.5 Å². The number of nitrogens with zero attached hydrogens (tertiary/aromatic N) is 3. The number of benzene rings is 1. The van der Waals surface area contributed by atoms with Gasteiger partial charge in [0.2, 0.25) is 0 Å². The van der Waals surface area contributed by atoms with Gasteiger partial charge >= 0.3 is 0 Å². The van der Waals surface area contributed by atoms with Gasteiger partial charge in [-0.25, -0.2) is 0 Å². The molecule has 5 nitrogen and oxygen atoms in total. The van der Waals surface area contributed by atoms with Crippen molar-refractivity contribution in [2.75, 3.05) is 12.4 Å². The van der Waals surface area contributed by atoms with E-state index < -0.39 is 6.10 Å². The van der Waals surface area contributed by atoms with Crippen molar-refractivity contribution in [2.45, 2.75) is 36.6 Å². The third-order valence-corrected chi connectivity index (χ3v) is 5.13. The number of aliphatic hydroxyl groups is 1. The highest BCUT2D eigenvalue weighted by Gasteiger charge is 2.29. The van der Waals surface area contributed by atoms with Gasteiger partial charge in [-0.1, -0.05) is 35.5 Å². The van der Waals surface area contributed by atoms with Crippen LogP contribution < -0.4 is 0 Å². The molecule has 124 valence electrons. The van der Waals surface area contributed by atoms with Crippen LogP contribution in [0.25, 0.3) is 0 Å². The maximum atomic E-state index is 10.0. The molecule has 7 heteroatoms. The van der Waals surface area contributed by atoms with Crippen molar-refractivity contribution in [1.29, 1.82) is 0 Å². The molecule has 1 atom stereocenters. The number of ether oxygens (including phenoxy) is 1. The van der Waals surface area contributed by atoms with E-state index in [1.54, 1.807) is 0 Å². The molecule has 0 aliphatic heterocycles. The summed E-state index contributed by atoms with van der Waals surface area (Å²) in [4.78, 5) is 0. The van der Waals surface area contributed by atoms with Gasteiger partial charge in [-0.2, -0.15) is 0 Å². The van der Waals surface area contributed by atoms with Crippen LogP contribution in [0.1, 0.15) is 30.1 Å². The average Bonchev–Trinajstić information content (AvgIpc) is 3.31. The molecule has 1 aromatic heterocycles. The van der Waals surface area contributed by atoms with E-state index in [1.807, 2.05) is 35.9 Å². The molecule has 3 rings (SSSR count). The highest BCUT2D eigenvalue weighted by atomic mass is 35.5.